The molecule has 15 heavy (non-hydrogen) atoms. The summed E-state index contributed by atoms with van der Waals surface area (Å²) in [7, 11) is 0. The quantitative estimate of drug-likeness (QED) is 0.646. The van der Waals surface area contributed by atoms with Gasteiger partial charge in [-0.25, -0.2) is 4.79 Å². The largest absolute Gasteiger partial charge is 0.478 e. The first-order chi connectivity index (χ1) is 7.19. The maximum atomic E-state index is 10.7. The summed E-state index contributed by atoms with van der Waals surface area (Å²) in [5, 5.41) is 19.1. The molecule has 0 atom stereocenters. The van der Waals surface area contributed by atoms with Gasteiger partial charge in [0.15, 0.2) is 0 Å². The van der Waals surface area contributed by atoms with Crippen LogP contribution in [0.15, 0.2) is 18.2 Å². The minimum Gasteiger partial charge on any atom is -0.478 e. The molecule has 1 rings (SSSR count). The Balaban J connectivity index is 2.98. The first kappa shape index (κ1) is 11.2. The molecule has 4 nitrogen and oxygen atoms in total. The van der Waals surface area contributed by atoms with Gasteiger partial charge in [0.25, 0.3) is 0 Å². The molecule has 0 unspecified atom stereocenters. The third-order valence-corrected chi connectivity index (χ3v) is 2.02. The maximum absolute atomic E-state index is 10.7. The van der Waals surface area contributed by atoms with Crippen LogP contribution in [0, 0.1) is 5.41 Å². The number of anilines is 1. The molecule has 3 N–H and O–H groups in total. The van der Waals surface area contributed by atoms with Crippen molar-refractivity contribution < 1.29 is 9.90 Å². The summed E-state index contributed by atoms with van der Waals surface area (Å²) >= 11 is 0. The van der Waals surface area contributed by atoms with E-state index in [2.05, 4.69) is 5.32 Å². The van der Waals surface area contributed by atoms with Crippen molar-refractivity contribution >= 4 is 17.9 Å². The lowest BCUT2D eigenvalue weighted by Gasteiger charge is -2.08. The molecule has 1 aromatic carbocycles. The fraction of sp³-hybridized carbons (Fsp3) is 0.273. The molecule has 0 aliphatic carbocycles. The highest BCUT2D eigenvalue weighted by Crippen LogP contribution is 2.15. The molecule has 0 saturated carbocycles. The Kier molecular flexibility index (Phi) is 3.85. The second-order valence-corrected chi connectivity index (χ2v) is 3.18. The second kappa shape index (κ2) is 5.14. The molecule has 4 heteroatoms. The summed E-state index contributed by atoms with van der Waals surface area (Å²) in [6, 6.07) is 4.72. The Morgan fingerprint density at radius 2 is 2.33 bits per heavy atom. The van der Waals surface area contributed by atoms with Crippen LogP contribution in [0.5, 0.6) is 0 Å². The molecule has 80 valence electrons. The van der Waals surface area contributed by atoms with Crippen LogP contribution in [0.1, 0.15) is 29.3 Å². The van der Waals surface area contributed by atoms with E-state index < -0.39 is 5.97 Å². The summed E-state index contributed by atoms with van der Waals surface area (Å²) in [4.78, 5) is 10.7. The molecular weight excluding hydrogens is 192 g/mol. The van der Waals surface area contributed by atoms with E-state index in [0.717, 1.165) is 24.9 Å². The second-order valence-electron chi connectivity index (χ2n) is 3.18. The van der Waals surface area contributed by atoms with E-state index in [-0.39, 0.29) is 5.56 Å². The predicted molar refractivity (Wildman–Crippen MR) is 60.1 cm³/mol. The average molecular weight is 206 g/mol. The molecule has 0 aromatic heterocycles. The predicted octanol–water partition coefficient (Wildman–Crippen LogP) is 2.20. The van der Waals surface area contributed by atoms with Gasteiger partial charge in [0.05, 0.1) is 5.56 Å². The van der Waals surface area contributed by atoms with Gasteiger partial charge < -0.3 is 15.8 Å². The highest BCUT2D eigenvalue weighted by atomic mass is 16.4. The minimum atomic E-state index is -0.972. The van der Waals surface area contributed by atoms with Crippen molar-refractivity contribution in [3.8, 4) is 0 Å². The van der Waals surface area contributed by atoms with Gasteiger partial charge in [-0.05, 0) is 24.6 Å². The third-order valence-electron chi connectivity index (χ3n) is 2.02. The third kappa shape index (κ3) is 2.80. The van der Waals surface area contributed by atoms with Crippen LogP contribution in [0.3, 0.4) is 0 Å². The Morgan fingerprint density at radius 3 is 2.87 bits per heavy atom. The van der Waals surface area contributed by atoms with Crippen LogP contribution in [-0.2, 0) is 0 Å². The van der Waals surface area contributed by atoms with Gasteiger partial charge in [-0.3, -0.25) is 0 Å². The standard InChI is InChI=1S/C11H14N2O2/c1-2-5-13-10-4-3-8(11(14)15)6-9(10)7-12/h3-4,6-7,12-13H,2,5H2,1H3,(H,14,15). The number of nitrogens with one attached hydrogen (secondary N) is 2. The van der Waals surface area contributed by atoms with Crippen molar-refractivity contribution in [1.82, 2.24) is 0 Å². The summed E-state index contributed by atoms with van der Waals surface area (Å²) in [6.07, 6.45) is 2.14. The van der Waals surface area contributed by atoms with E-state index in [4.69, 9.17) is 10.5 Å². The van der Waals surface area contributed by atoms with Crippen molar-refractivity contribution in [1.29, 1.82) is 5.41 Å². The highest BCUT2D eigenvalue weighted by molar-refractivity contribution is 5.93. The molecule has 0 amide bonds. The molecule has 1 aromatic rings. The van der Waals surface area contributed by atoms with Crippen molar-refractivity contribution in [2.24, 2.45) is 0 Å². The lowest BCUT2D eigenvalue weighted by atomic mass is 10.1. The van der Waals surface area contributed by atoms with Crippen LogP contribution in [0.25, 0.3) is 0 Å². The van der Waals surface area contributed by atoms with E-state index >= 15 is 0 Å². The van der Waals surface area contributed by atoms with Gasteiger partial charge in [0.1, 0.15) is 0 Å². The van der Waals surface area contributed by atoms with Crippen LogP contribution in [0.2, 0.25) is 0 Å². The first-order valence-corrected chi connectivity index (χ1v) is 4.80. The number of benzene rings is 1. The smallest absolute Gasteiger partial charge is 0.335 e. The Hall–Kier alpha value is -1.84. The lowest BCUT2D eigenvalue weighted by Crippen LogP contribution is -2.05. The molecule has 0 saturated heterocycles. The topological polar surface area (TPSA) is 73.2 Å². The van der Waals surface area contributed by atoms with Crippen LogP contribution >= 0.6 is 0 Å². The number of rotatable bonds is 5. The zero-order valence-electron chi connectivity index (χ0n) is 8.58. The van der Waals surface area contributed by atoms with Gasteiger partial charge in [0, 0.05) is 24.0 Å². The Labute approximate surface area is 88.4 Å². The molecule has 0 bridgehead atoms. The molecule has 0 spiro atoms. The van der Waals surface area contributed by atoms with E-state index in [9.17, 15) is 4.79 Å². The van der Waals surface area contributed by atoms with Crippen LogP contribution in [-0.4, -0.2) is 23.8 Å². The Bertz CT molecular complexity index is 375. The molecule has 0 fully saturated rings. The summed E-state index contributed by atoms with van der Waals surface area (Å²) in [5.41, 5.74) is 1.61. The zero-order valence-corrected chi connectivity index (χ0v) is 8.58. The fourth-order valence-electron chi connectivity index (χ4n) is 1.24. The van der Waals surface area contributed by atoms with Gasteiger partial charge in [-0.15, -0.1) is 0 Å². The molecule has 0 aliphatic heterocycles. The number of carbonyl (C=O) groups is 1. The molecule has 0 aliphatic rings. The summed E-state index contributed by atoms with van der Waals surface area (Å²) < 4.78 is 0. The van der Waals surface area contributed by atoms with Crippen molar-refractivity contribution in [3.05, 3.63) is 29.3 Å². The number of carboxylic acid groups (broad SMARTS) is 1. The first-order valence-electron chi connectivity index (χ1n) is 4.80. The highest BCUT2D eigenvalue weighted by Gasteiger charge is 2.06. The zero-order chi connectivity index (χ0) is 11.3. The lowest BCUT2D eigenvalue weighted by molar-refractivity contribution is 0.0697. The van der Waals surface area contributed by atoms with Gasteiger partial charge in [-0.1, -0.05) is 6.92 Å². The number of carboxylic acids is 1. The van der Waals surface area contributed by atoms with Crippen LogP contribution < -0.4 is 5.32 Å². The summed E-state index contributed by atoms with van der Waals surface area (Å²) in [6.45, 7) is 2.86. The van der Waals surface area contributed by atoms with E-state index in [1.165, 1.54) is 12.1 Å². The minimum absolute atomic E-state index is 0.204. The van der Waals surface area contributed by atoms with Crippen molar-refractivity contribution in [2.45, 2.75) is 13.3 Å². The van der Waals surface area contributed by atoms with E-state index in [0.29, 0.717) is 5.56 Å². The molecular formula is C11H14N2O2. The SMILES string of the molecule is CCCNc1ccc(C(=O)O)cc1C=N. The molecule has 0 radical (unpaired) electrons. The van der Waals surface area contributed by atoms with E-state index in [1.54, 1.807) is 6.07 Å². The van der Waals surface area contributed by atoms with Crippen molar-refractivity contribution in [3.63, 3.8) is 0 Å². The number of hydrogen-bond donors (Lipinski definition) is 3. The average Bonchev–Trinajstić information content (AvgIpc) is 2.25. The monoisotopic (exact) mass is 206 g/mol. The maximum Gasteiger partial charge on any atom is 0.335 e. The van der Waals surface area contributed by atoms with Crippen LogP contribution in [0.4, 0.5) is 5.69 Å². The number of hydrogen-bond acceptors (Lipinski definition) is 3. The number of aromatic carboxylic acids is 1. The van der Waals surface area contributed by atoms with E-state index in [1.807, 2.05) is 6.92 Å². The fourth-order valence-corrected chi connectivity index (χ4v) is 1.24. The van der Waals surface area contributed by atoms with Gasteiger partial charge in [-0.2, -0.15) is 0 Å². The van der Waals surface area contributed by atoms with Gasteiger partial charge >= 0.3 is 5.97 Å². The van der Waals surface area contributed by atoms with Crippen molar-refractivity contribution in [2.75, 3.05) is 11.9 Å². The Morgan fingerprint density at radius 1 is 1.60 bits per heavy atom. The van der Waals surface area contributed by atoms with Gasteiger partial charge in [0.2, 0.25) is 0 Å². The summed E-state index contributed by atoms with van der Waals surface area (Å²) in [5.74, 6) is -0.972. The normalized spacial score (nSPS) is 9.67. The molecule has 0 heterocycles.